The van der Waals surface area contributed by atoms with E-state index in [2.05, 4.69) is 6.58 Å². The zero-order valence-electron chi connectivity index (χ0n) is 17.8. The number of halogens is 2. The van der Waals surface area contributed by atoms with Crippen molar-refractivity contribution in [3.05, 3.63) is 35.6 Å². The van der Waals surface area contributed by atoms with Gasteiger partial charge < -0.3 is 14.2 Å². The van der Waals surface area contributed by atoms with Crippen molar-refractivity contribution in [1.82, 2.24) is 0 Å². The highest BCUT2D eigenvalue weighted by Gasteiger charge is 2.32. The fourth-order valence-electron chi connectivity index (χ4n) is 4.88. The molecule has 0 radical (unpaired) electrons. The van der Waals surface area contributed by atoms with Crippen LogP contribution >= 0.6 is 0 Å². The number of allylic oxidation sites excluding steroid dienone is 4. The maximum Gasteiger partial charge on any atom is 0.196 e. The zero-order chi connectivity index (χ0) is 20.6. The van der Waals surface area contributed by atoms with Crippen LogP contribution in [0.5, 0.6) is 0 Å². The van der Waals surface area contributed by atoms with Gasteiger partial charge in [0.1, 0.15) is 5.76 Å². The van der Waals surface area contributed by atoms with Gasteiger partial charge >= 0.3 is 0 Å². The third-order valence-electron chi connectivity index (χ3n) is 6.68. The van der Waals surface area contributed by atoms with Crippen molar-refractivity contribution in [3.63, 3.8) is 0 Å². The van der Waals surface area contributed by atoms with E-state index in [0.29, 0.717) is 43.7 Å². The lowest BCUT2D eigenvalue weighted by Gasteiger charge is -2.37. The topological polar surface area (TPSA) is 27.7 Å². The molecule has 2 fully saturated rings. The molecule has 0 spiro atoms. The molecule has 3 aliphatic rings. The molecule has 164 valence electrons. The van der Waals surface area contributed by atoms with Crippen molar-refractivity contribution in [2.45, 2.75) is 83.3 Å². The van der Waals surface area contributed by atoms with Gasteiger partial charge in [0.2, 0.25) is 0 Å². The van der Waals surface area contributed by atoms with Gasteiger partial charge in [0.25, 0.3) is 0 Å². The predicted molar refractivity (Wildman–Crippen MR) is 111 cm³/mol. The maximum absolute atomic E-state index is 14.2. The smallest absolute Gasteiger partial charge is 0.196 e. The van der Waals surface area contributed by atoms with Gasteiger partial charge in [-0.1, -0.05) is 18.9 Å². The lowest BCUT2D eigenvalue weighted by molar-refractivity contribution is -0.105. The summed E-state index contributed by atoms with van der Waals surface area (Å²) in [6.45, 7) is 6.62. The van der Waals surface area contributed by atoms with Gasteiger partial charge in [0.15, 0.2) is 11.7 Å². The van der Waals surface area contributed by atoms with E-state index in [1.54, 1.807) is 6.92 Å². The van der Waals surface area contributed by atoms with Crippen LogP contribution in [0.4, 0.5) is 8.78 Å². The van der Waals surface area contributed by atoms with Crippen molar-refractivity contribution >= 4 is 0 Å². The highest BCUT2D eigenvalue weighted by molar-refractivity contribution is 5.32. The monoisotopic (exact) mass is 410 g/mol. The molecule has 0 N–H and O–H groups in total. The SMILES string of the molecule is C=CCCC1CCC(C2CCC(OCC3=C(F)C(F)=C(OCC)CC3)CO2)CC1. The van der Waals surface area contributed by atoms with Gasteiger partial charge in [-0.15, -0.1) is 6.58 Å². The first kappa shape index (κ1) is 22.5. The van der Waals surface area contributed by atoms with E-state index in [1.165, 1.54) is 32.1 Å². The molecule has 1 aliphatic heterocycles. The van der Waals surface area contributed by atoms with E-state index >= 15 is 0 Å². The molecule has 0 aromatic heterocycles. The number of rotatable bonds is 9. The molecule has 2 aliphatic carbocycles. The summed E-state index contributed by atoms with van der Waals surface area (Å²) < 4.78 is 45.4. The second-order valence-electron chi connectivity index (χ2n) is 8.62. The Morgan fingerprint density at radius 3 is 2.52 bits per heavy atom. The Morgan fingerprint density at radius 2 is 1.86 bits per heavy atom. The first-order valence-electron chi connectivity index (χ1n) is 11.4. The minimum atomic E-state index is -0.861. The summed E-state index contributed by atoms with van der Waals surface area (Å²) >= 11 is 0. The normalized spacial score (nSPS) is 31.1. The molecule has 29 heavy (non-hydrogen) atoms. The lowest BCUT2D eigenvalue weighted by atomic mass is 9.76. The van der Waals surface area contributed by atoms with Gasteiger partial charge in [0, 0.05) is 6.42 Å². The van der Waals surface area contributed by atoms with E-state index in [-0.39, 0.29) is 18.5 Å². The van der Waals surface area contributed by atoms with Crippen molar-refractivity contribution in [2.24, 2.45) is 11.8 Å². The summed E-state index contributed by atoms with van der Waals surface area (Å²) in [5, 5.41) is 0. The summed E-state index contributed by atoms with van der Waals surface area (Å²) in [7, 11) is 0. The molecule has 1 saturated heterocycles. The number of hydrogen-bond acceptors (Lipinski definition) is 3. The summed E-state index contributed by atoms with van der Waals surface area (Å²) in [5.41, 5.74) is 0.394. The molecule has 0 aromatic carbocycles. The Hall–Kier alpha value is -1.20. The number of ether oxygens (including phenoxy) is 3. The standard InChI is InChI=1S/C24H36F2O3/c1-3-5-6-17-7-9-18(10-8-17)21-14-12-20(16-29-21)28-15-19-11-13-22(27-4-2)24(26)23(19)25/h3,17-18,20-21H,1,4-16H2,2H3. The van der Waals surface area contributed by atoms with Crippen LogP contribution in [0.25, 0.3) is 0 Å². The van der Waals surface area contributed by atoms with Crippen molar-refractivity contribution in [2.75, 3.05) is 19.8 Å². The Labute approximate surface area is 174 Å². The van der Waals surface area contributed by atoms with E-state index in [4.69, 9.17) is 14.2 Å². The number of hydrogen-bond donors (Lipinski definition) is 0. The first-order chi connectivity index (χ1) is 14.1. The second-order valence-corrected chi connectivity index (χ2v) is 8.62. The van der Waals surface area contributed by atoms with Gasteiger partial charge in [0.05, 0.1) is 32.0 Å². The van der Waals surface area contributed by atoms with Gasteiger partial charge in [-0.05, 0) is 69.3 Å². The third-order valence-corrected chi connectivity index (χ3v) is 6.68. The van der Waals surface area contributed by atoms with Crippen molar-refractivity contribution in [3.8, 4) is 0 Å². The molecule has 3 rings (SSSR count). The highest BCUT2D eigenvalue weighted by atomic mass is 19.2. The molecule has 1 heterocycles. The van der Waals surface area contributed by atoms with Crippen LogP contribution < -0.4 is 0 Å². The van der Waals surface area contributed by atoms with E-state index < -0.39 is 11.7 Å². The molecule has 0 amide bonds. The van der Waals surface area contributed by atoms with Crippen LogP contribution in [-0.2, 0) is 14.2 Å². The van der Waals surface area contributed by atoms with Gasteiger partial charge in [-0.2, -0.15) is 0 Å². The van der Waals surface area contributed by atoms with Gasteiger partial charge in [-0.25, -0.2) is 8.78 Å². The predicted octanol–water partition coefficient (Wildman–Crippen LogP) is 6.56. The van der Waals surface area contributed by atoms with E-state index in [9.17, 15) is 8.78 Å². The molecular weight excluding hydrogens is 374 g/mol. The third kappa shape index (κ3) is 6.14. The molecule has 2 unspecified atom stereocenters. The molecular formula is C24H36F2O3. The van der Waals surface area contributed by atoms with E-state index in [1.807, 2.05) is 6.08 Å². The summed E-state index contributed by atoms with van der Waals surface area (Å²) in [4.78, 5) is 0. The van der Waals surface area contributed by atoms with Crippen LogP contribution in [0.15, 0.2) is 35.6 Å². The van der Waals surface area contributed by atoms with Crippen LogP contribution in [0.3, 0.4) is 0 Å². The van der Waals surface area contributed by atoms with Crippen LogP contribution in [0.1, 0.15) is 71.1 Å². The zero-order valence-corrected chi connectivity index (χ0v) is 17.8. The molecule has 0 aromatic rings. The molecule has 2 atom stereocenters. The van der Waals surface area contributed by atoms with Crippen molar-refractivity contribution < 1.29 is 23.0 Å². The van der Waals surface area contributed by atoms with Crippen LogP contribution in [0, 0.1) is 11.8 Å². The molecule has 1 saturated carbocycles. The Bertz CT molecular complexity index is 597. The second kappa shape index (κ2) is 11.3. The Kier molecular flexibility index (Phi) is 8.73. The minimum Gasteiger partial charge on any atom is -0.495 e. The van der Waals surface area contributed by atoms with Crippen LogP contribution in [-0.4, -0.2) is 32.0 Å². The molecule has 0 bridgehead atoms. The molecule has 3 nitrogen and oxygen atoms in total. The highest BCUT2D eigenvalue weighted by Crippen LogP contribution is 2.37. The lowest BCUT2D eigenvalue weighted by Crippen LogP contribution is -2.37. The van der Waals surface area contributed by atoms with E-state index in [0.717, 1.165) is 25.2 Å². The Morgan fingerprint density at radius 1 is 1.07 bits per heavy atom. The molecule has 5 heteroatoms. The summed E-state index contributed by atoms with van der Waals surface area (Å²) in [6.07, 6.45) is 12.6. The first-order valence-corrected chi connectivity index (χ1v) is 11.4. The average molecular weight is 411 g/mol. The fraction of sp³-hybridized carbons (Fsp3) is 0.750. The minimum absolute atomic E-state index is 0.0317. The Balaban J connectivity index is 1.39. The fourth-order valence-corrected chi connectivity index (χ4v) is 4.88. The van der Waals surface area contributed by atoms with Gasteiger partial charge in [-0.3, -0.25) is 0 Å². The summed E-state index contributed by atoms with van der Waals surface area (Å²) in [5.74, 6) is -0.0365. The largest absolute Gasteiger partial charge is 0.495 e. The van der Waals surface area contributed by atoms with Crippen LogP contribution in [0.2, 0.25) is 0 Å². The summed E-state index contributed by atoms with van der Waals surface area (Å²) in [6, 6.07) is 0. The quantitative estimate of drug-likeness (QED) is 0.403. The van der Waals surface area contributed by atoms with Crippen molar-refractivity contribution in [1.29, 1.82) is 0 Å². The maximum atomic E-state index is 14.2. The average Bonchev–Trinajstić information content (AvgIpc) is 2.76.